The maximum absolute atomic E-state index is 2.47. The van der Waals surface area contributed by atoms with Crippen LogP contribution in [0.1, 0.15) is 96.8 Å². The lowest BCUT2D eigenvalue weighted by atomic mass is 9.48. The fourth-order valence-corrected chi connectivity index (χ4v) is 11.5. The number of hydrogen-bond donors (Lipinski definition) is 0. The Kier molecular flexibility index (Phi) is 9.94. The molecule has 4 saturated carbocycles. The second-order valence-corrected chi connectivity index (χ2v) is 21.0. The Morgan fingerprint density at radius 2 is 0.557 bits per heavy atom. The highest BCUT2D eigenvalue weighted by Gasteiger charge is 2.51. The Balaban J connectivity index is 0.906. The maximum atomic E-state index is 2.47. The minimum atomic E-state index is 0.132. The Morgan fingerprint density at radius 1 is 0.328 bits per heavy atom. The van der Waals surface area contributed by atoms with Crippen LogP contribution in [0.15, 0.2) is 170 Å². The topological polar surface area (TPSA) is 3.24 Å². The molecule has 61 heavy (non-hydrogen) atoms. The third-order valence-corrected chi connectivity index (χ3v) is 14.6. The van der Waals surface area contributed by atoms with E-state index in [0.29, 0.717) is 5.41 Å². The van der Waals surface area contributed by atoms with E-state index in [0.717, 1.165) is 34.8 Å². The summed E-state index contributed by atoms with van der Waals surface area (Å²) in [5, 5.41) is 0. The lowest BCUT2D eigenvalue weighted by molar-refractivity contribution is -0.00518. The Morgan fingerprint density at radius 3 is 0.820 bits per heavy atom. The van der Waals surface area contributed by atoms with E-state index in [2.05, 4.69) is 216 Å². The zero-order chi connectivity index (χ0) is 41.9. The van der Waals surface area contributed by atoms with E-state index < -0.39 is 0 Å². The molecule has 1 heteroatoms. The standard InChI is InChI=1S/C60H61N/c1-58(2,3)52-23-11-46(12-24-52)50-19-31-56(32-20-50)61(57-33-21-51(22-34-57)47-13-25-53(26-14-47)59(4,5)6)55-29-17-49(18-30-55)45-9-7-44(8-10-45)48-15-27-54(28-16-48)60-38-41-35-42(39-60)37-43(36-41)40-60/h7-34,41-43H,35-40H2,1-6H3. The Hall–Kier alpha value is -5.66. The van der Waals surface area contributed by atoms with Crippen LogP contribution in [0, 0.1) is 17.8 Å². The van der Waals surface area contributed by atoms with Crippen molar-refractivity contribution in [1.29, 1.82) is 0 Å². The van der Waals surface area contributed by atoms with E-state index in [1.165, 1.54) is 94.2 Å². The molecule has 1 nitrogen and oxygen atoms in total. The normalized spacial score (nSPS) is 20.8. The van der Waals surface area contributed by atoms with Crippen LogP contribution in [0.2, 0.25) is 0 Å². The van der Waals surface area contributed by atoms with Crippen LogP contribution < -0.4 is 4.90 Å². The summed E-state index contributed by atoms with van der Waals surface area (Å²) in [5.74, 6) is 2.91. The second-order valence-electron chi connectivity index (χ2n) is 21.0. The van der Waals surface area contributed by atoms with Crippen molar-refractivity contribution in [3.63, 3.8) is 0 Å². The molecule has 0 saturated heterocycles. The molecule has 0 aromatic heterocycles. The van der Waals surface area contributed by atoms with Crippen molar-refractivity contribution in [3.8, 4) is 44.5 Å². The summed E-state index contributed by atoms with van der Waals surface area (Å²) in [6.45, 7) is 13.6. The van der Waals surface area contributed by atoms with Crippen LogP contribution in [0.3, 0.4) is 0 Å². The van der Waals surface area contributed by atoms with Gasteiger partial charge in [0.15, 0.2) is 0 Å². The highest BCUT2D eigenvalue weighted by atomic mass is 15.1. The van der Waals surface area contributed by atoms with E-state index >= 15 is 0 Å². The summed E-state index contributed by atoms with van der Waals surface area (Å²) in [5.41, 5.74) is 18.4. The number of hydrogen-bond acceptors (Lipinski definition) is 1. The molecule has 4 aliphatic carbocycles. The first-order valence-corrected chi connectivity index (χ1v) is 22.9. The van der Waals surface area contributed by atoms with Crippen LogP contribution in [0.5, 0.6) is 0 Å². The molecule has 0 atom stereocenters. The molecule has 0 amide bonds. The molecule has 306 valence electrons. The average Bonchev–Trinajstić information content (AvgIpc) is 3.26. The monoisotopic (exact) mass is 795 g/mol. The fraction of sp³-hybridized carbons (Fsp3) is 0.300. The molecular weight excluding hydrogens is 735 g/mol. The second kappa shape index (κ2) is 15.4. The Bertz CT molecular complexity index is 2460. The molecule has 0 unspecified atom stereocenters. The molecule has 4 bridgehead atoms. The quantitative estimate of drug-likeness (QED) is 0.148. The smallest absolute Gasteiger partial charge is 0.0462 e. The maximum Gasteiger partial charge on any atom is 0.0462 e. The van der Waals surface area contributed by atoms with Crippen LogP contribution in [-0.4, -0.2) is 0 Å². The van der Waals surface area contributed by atoms with Crippen LogP contribution in [-0.2, 0) is 16.2 Å². The van der Waals surface area contributed by atoms with Gasteiger partial charge in [-0.2, -0.15) is 0 Å². The van der Waals surface area contributed by atoms with Crippen molar-refractivity contribution in [2.45, 2.75) is 96.3 Å². The molecular formula is C60H61N. The largest absolute Gasteiger partial charge is 0.311 e. The van der Waals surface area contributed by atoms with Gasteiger partial charge in [0.05, 0.1) is 0 Å². The highest BCUT2D eigenvalue weighted by molar-refractivity contribution is 5.81. The minimum Gasteiger partial charge on any atom is -0.311 e. The average molecular weight is 796 g/mol. The first-order chi connectivity index (χ1) is 29.4. The molecule has 11 rings (SSSR count). The summed E-state index contributed by atoms with van der Waals surface area (Å²) >= 11 is 0. The molecule has 0 heterocycles. The number of nitrogens with zero attached hydrogens (tertiary/aromatic N) is 1. The molecule has 4 fully saturated rings. The van der Waals surface area contributed by atoms with E-state index in [9.17, 15) is 0 Å². The minimum absolute atomic E-state index is 0.132. The number of benzene rings is 7. The zero-order valence-corrected chi connectivity index (χ0v) is 37.1. The zero-order valence-electron chi connectivity index (χ0n) is 37.1. The highest BCUT2D eigenvalue weighted by Crippen LogP contribution is 2.60. The van der Waals surface area contributed by atoms with Crippen molar-refractivity contribution >= 4 is 17.1 Å². The third kappa shape index (κ3) is 7.89. The predicted molar refractivity (Wildman–Crippen MR) is 260 cm³/mol. The summed E-state index contributed by atoms with van der Waals surface area (Å²) in [7, 11) is 0. The van der Waals surface area contributed by atoms with Crippen molar-refractivity contribution in [2.24, 2.45) is 17.8 Å². The van der Waals surface area contributed by atoms with Crippen LogP contribution in [0.25, 0.3) is 44.5 Å². The van der Waals surface area contributed by atoms with Crippen molar-refractivity contribution in [2.75, 3.05) is 4.90 Å². The summed E-state index contributed by atoms with van der Waals surface area (Å²) in [6, 6.07) is 64.1. The van der Waals surface area contributed by atoms with Crippen LogP contribution >= 0.6 is 0 Å². The van der Waals surface area contributed by atoms with E-state index in [-0.39, 0.29) is 10.8 Å². The fourth-order valence-electron chi connectivity index (χ4n) is 11.5. The molecule has 0 radical (unpaired) electrons. The first kappa shape index (κ1) is 39.5. The van der Waals surface area contributed by atoms with Gasteiger partial charge in [-0.25, -0.2) is 0 Å². The number of anilines is 3. The van der Waals surface area contributed by atoms with Crippen molar-refractivity contribution < 1.29 is 0 Å². The van der Waals surface area contributed by atoms with E-state index in [1.54, 1.807) is 5.56 Å². The van der Waals surface area contributed by atoms with Gasteiger partial charge in [-0.05, 0) is 170 Å². The molecule has 4 aliphatic rings. The molecule has 0 spiro atoms. The number of rotatable bonds is 8. The molecule has 0 aliphatic heterocycles. The van der Waals surface area contributed by atoms with Gasteiger partial charge < -0.3 is 4.90 Å². The first-order valence-electron chi connectivity index (χ1n) is 22.9. The lowest BCUT2D eigenvalue weighted by Crippen LogP contribution is -2.48. The van der Waals surface area contributed by atoms with Gasteiger partial charge in [0, 0.05) is 17.1 Å². The summed E-state index contributed by atoms with van der Waals surface area (Å²) in [4.78, 5) is 2.37. The summed E-state index contributed by atoms with van der Waals surface area (Å²) in [6.07, 6.45) is 8.74. The van der Waals surface area contributed by atoms with Gasteiger partial charge in [0.25, 0.3) is 0 Å². The Labute approximate surface area is 365 Å². The van der Waals surface area contributed by atoms with Gasteiger partial charge in [-0.1, -0.05) is 175 Å². The molecule has 0 N–H and O–H groups in total. The van der Waals surface area contributed by atoms with Gasteiger partial charge in [-0.3, -0.25) is 0 Å². The molecule has 7 aromatic rings. The van der Waals surface area contributed by atoms with Gasteiger partial charge >= 0.3 is 0 Å². The van der Waals surface area contributed by atoms with Crippen molar-refractivity contribution in [3.05, 3.63) is 187 Å². The lowest BCUT2D eigenvalue weighted by Gasteiger charge is -2.57. The predicted octanol–water partition coefficient (Wildman–Crippen LogP) is 16.9. The molecule has 7 aromatic carbocycles. The van der Waals surface area contributed by atoms with Gasteiger partial charge in [-0.15, -0.1) is 0 Å². The van der Waals surface area contributed by atoms with E-state index in [1.807, 2.05) is 0 Å². The van der Waals surface area contributed by atoms with Crippen molar-refractivity contribution in [1.82, 2.24) is 0 Å². The van der Waals surface area contributed by atoms with Gasteiger partial charge in [0.1, 0.15) is 0 Å². The third-order valence-electron chi connectivity index (χ3n) is 14.6. The van der Waals surface area contributed by atoms with Gasteiger partial charge in [0.2, 0.25) is 0 Å². The van der Waals surface area contributed by atoms with Crippen LogP contribution in [0.4, 0.5) is 17.1 Å². The van der Waals surface area contributed by atoms with E-state index in [4.69, 9.17) is 0 Å². The summed E-state index contributed by atoms with van der Waals surface area (Å²) < 4.78 is 0. The SMILES string of the molecule is CC(C)(C)c1ccc(-c2ccc(N(c3ccc(-c4ccc(-c5ccc(C67CC8CC(CC(C8)C6)C7)cc5)cc4)cc3)c3ccc(-c4ccc(C(C)(C)C)cc4)cc3)cc2)cc1.